The molecule has 1 unspecified atom stereocenters. The van der Waals surface area contributed by atoms with Crippen LogP contribution in [-0.2, 0) is 0 Å². The summed E-state index contributed by atoms with van der Waals surface area (Å²) in [6.45, 7) is 1.06. The van der Waals surface area contributed by atoms with E-state index >= 15 is 0 Å². The van der Waals surface area contributed by atoms with E-state index in [2.05, 4.69) is 17.2 Å². The second-order valence-electron chi connectivity index (χ2n) is 2.60. The smallest absolute Gasteiger partial charge is 0.0820 e. The van der Waals surface area contributed by atoms with Crippen molar-refractivity contribution in [1.29, 1.82) is 0 Å². The Bertz CT molecular complexity index is 288. The SMILES string of the molecule is C(#CC1CN1)c1ccccc1. The van der Waals surface area contributed by atoms with Crippen LogP contribution < -0.4 is 5.32 Å². The Hall–Kier alpha value is -1.26. The van der Waals surface area contributed by atoms with Gasteiger partial charge >= 0.3 is 0 Å². The van der Waals surface area contributed by atoms with Crippen molar-refractivity contribution < 1.29 is 0 Å². The fraction of sp³-hybridized carbons (Fsp3) is 0.200. The minimum absolute atomic E-state index is 0.454. The van der Waals surface area contributed by atoms with Crippen molar-refractivity contribution in [2.75, 3.05) is 6.54 Å². The van der Waals surface area contributed by atoms with Gasteiger partial charge in [0, 0.05) is 12.1 Å². The third-order valence-corrected chi connectivity index (χ3v) is 1.57. The molecule has 0 radical (unpaired) electrons. The maximum absolute atomic E-state index is 3.13. The van der Waals surface area contributed by atoms with E-state index in [-0.39, 0.29) is 0 Å². The summed E-state index contributed by atoms with van der Waals surface area (Å²) >= 11 is 0. The van der Waals surface area contributed by atoms with Gasteiger partial charge in [-0.1, -0.05) is 30.0 Å². The lowest BCUT2D eigenvalue weighted by Gasteiger charge is -1.84. The number of hydrogen-bond acceptors (Lipinski definition) is 1. The molecule has 0 aliphatic carbocycles. The highest BCUT2D eigenvalue weighted by molar-refractivity contribution is 5.35. The molecule has 54 valence electrons. The van der Waals surface area contributed by atoms with Crippen LogP contribution in [0.5, 0.6) is 0 Å². The minimum atomic E-state index is 0.454. The molecule has 2 rings (SSSR count). The molecular weight excluding hydrogens is 134 g/mol. The molecule has 11 heavy (non-hydrogen) atoms. The summed E-state index contributed by atoms with van der Waals surface area (Å²) in [7, 11) is 0. The lowest BCUT2D eigenvalue weighted by Crippen LogP contribution is -1.82. The normalized spacial score (nSPS) is 20.2. The largest absolute Gasteiger partial charge is 0.300 e. The third kappa shape index (κ3) is 1.83. The maximum atomic E-state index is 3.13. The van der Waals surface area contributed by atoms with Gasteiger partial charge in [0.2, 0.25) is 0 Å². The van der Waals surface area contributed by atoms with Crippen LogP contribution in [-0.4, -0.2) is 12.6 Å². The molecule has 0 saturated carbocycles. The first kappa shape index (κ1) is 6.45. The Labute approximate surface area is 66.4 Å². The van der Waals surface area contributed by atoms with Crippen molar-refractivity contribution in [3.8, 4) is 11.8 Å². The summed E-state index contributed by atoms with van der Waals surface area (Å²) < 4.78 is 0. The predicted molar refractivity (Wildman–Crippen MR) is 45.1 cm³/mol. The summed E-state index contributed by atoms with van der Waals surface area (Å²) in [6.07, 6.45) is 0. The summed E-state index contributed by atoms with van der Waals surface area (Å²) in [6, 6.07) is 10.5. The fourth-order valence-corrected chi connectivity index (χ4v) is 0.853. The lowest BCUT2D eigenvalue weighted by molar-refractivity contribution is 1.24. The zero-order chi connectivity index (χ0) is 7.52. The van der Waals surface area contributed by atoms with Crippen molar-refractivity contribution in [2.24, 2.45) is 0 Å². The second kappa shape index (κ2) is 2.77. The molecule has 1 heteroatoms. The first-order chi connectivity index (χ1) is 5.45. The molecule has 1 fully saturated rings. The number of nitrogens with one attached hydrogen (secondary N) is 1. The summed E-state index contributed by atoms with van der Waals surface area (Å²) in [4.78, 5) is 0. The Morgan fingerprint density at radius 3 is 2.64 bits per heavy atom. The molecular formula is C10H9N. The van der Waals surface area contributed by atoms with Crippen LogP contribution in [0.1, 0.15) is 5.56 Å². The van der Waals surface area contributed by atoms with E-state index in [1.54, 1.807) is 0 Å². The van der Waals surface area contributed by atoms with Crippen LogP contribution in [0.25, 0.3) is 0 Å². The van der Waals surface area contributed by atoms with E-state index in [0.29, 0.717) is 6.04 Å². The molecule has 1 N–H and O–H groups in total. The van der Waals surface area contributed by atoms with Crippen LogP contribution in [0.3, 0.4) is 0 Å². The lowest BCUT2D eigenvalue weighted by atomic mass is 10.2. The highest BCUT2D eigenvalue weighted by atomic mass is 15.1. The average molecular weight is 143 g/mol. The van der Waals surface area contributed by atoms with Gasteiger partial charge in [-0.15, -0.1) is 0 Å². The molecule has 0 bridgehead atoms. The zero-order valence-electron chi connectivity index (χ0n) is 6.17. The van der Waals surface area contributed by atoms with E-state index in [0.717, 1.165) is 12.1 Å². The van der Waals surface area contributed by atoms with Crippen molar-refractivity contribution in [3.63, 3.8) is 0 Å². The maximum Gasteiger partial charge on any atom is 0.0820 e. The molecule has 1 saturated heterocycles. The quantitative estimate of drug-likeness (QED) is 0.425. The van der Waals surface area contributed by atoms with Crippen LogP contribution in [0.15, 0.2) is 30.3 Å². The third-order valence-electron chi connectivity index (χ3n) is 1.57. The van der Waals surface area contributed by atoms with Gasteiger partial charge < -0.3 is 5.32 Å². The van der Waals surface area contributed by atoms with Crippen molar-refractivity contribution in [3.05, 3.63) is 35.9 Å². The topological polar surface area (TPSA) is 21.9 Å². The van der Waals surface area contributed by atoms with Crippen LogP contribution in [0.4, 0.5) is 0 Å². The monoisotopic (exact) mass is 143 g/mol. The molecule has 1 aromatic rings. The van der Waals surface area contributed by atoms with Gasteiger partial charge in [-0.3, -0.25) is 0 Å². The van der Waals surface area contributed by atoms with Crippen LogP contribution >= 0.6 is 0 Å². The number of hydrogen-bond donors (Lipinski definition) is 1. The Morgan fingerprint density at radius 2 is 2.00 bits per heavy atom. The van der Waals surface area contributed by atoms with Gasteiger partial charge in [0.1, 0.15) is 0 Å². The highest BCUT2D eigenvalue weighted by Crippen LogP contribution is 1.97. The standard InChI is InChI=1S/C10H9N/c1-2-4-9(5-3-1)6-7-10-8-11-10/h1-5,10-11H,8H2. The van der Waals surface area contributed by atoms with Crippen LogP contribution in [0.2, 0.25) is 0 Å². The van der Waals surface area contributed by atoms with E-state index in [1.807, 2.05) is 30.3 Å². The Balaban J connectivity index is 2.12. The predicted octanol–water partition coefficient (Wildman–Crippen LogP) is 1.01. The van der Waals surface area contributed by atoms with E-state index in [1.165, 1.54) is 0 Å². The van der Waals surface area contributed by atoms with Gasteiger partial charge in [-0.05, 0) is 12.1 Å². The molecule has 1 atom stereocenters. The van der Waals surface area contributed by atoms with Crippen molar-refractivity contribution in [2.45, 2.75) is 6.04 Å². The van der Waals surface area contributed by atoms with Crippen LogP contribution in [0, 0.1) is 11.8 Å². The summed E-state index contributed by atoms with van der Waals surface area (Å²) in [5, 5.41) is 3.13. The minimum Gasteiger partial charge on any atom is -0.300 e. The molecule has 1 nitrogen and oxygen atoms in total. The van der Waals surface area contributed by atoms with E-state index in [9.17, 15) is 0 Å². The van der Waals surface area contributed by atoms with Gasteiger partial charge in [-0.2, -0.15) is 0 Å². The fourth-order valence-electron chi connectivity index (χ4n) is 0.853. The van der Waals surface area contributed by atoms with E-state index < -0.39 is 0 Å². The molecule has 1 heterocycles. The first-order valence-electron chi connectivity index (χ1n) is 3.75. The van der Waals surface area contributed by atoms with Gasteiger partial charge in [0.05, 0.1) is 6.04 Å². The Morgan fingerprint density at radius 1 is 1.27 bits per heavy atom. The zero-order valence-corrected chi connectivity index (χ0v) is 6.17. The molecule has 0 aromatic heterocycles. The van der Waals surface area contributed by atoms with Gasteiger partial charge in [0.15, 0.2) is 0 Å². The number of rotatable bonds is 0. The molecule has 1 aromatic carbocycles. The number of benzene rings is 1. The molecule has 1 aliphatic rings. The first-order valence-corrected chi connectivity index (χ1v) is 3.75. The summed E-state index contributed by atoms with van der Waals surface area (Å²) in [5.41, 5.74) is 1.10. The van der Waals surface area contributed by atoms with Gasteiger partial charge in [0.25, 0.3) is 0 Å². The average Bonchev–Trinajstić information content (AvgIpc) is 2.86. The molecule has 0 spiro atoms. The van der Waals surface area contributed by atoms with Crippen molar-refractivity contribution >= 4 is 0 Å². The summed E-state index contributed by atoms with van der Waals surface area (Å²) in [5.74, 6) is 6.21. The second-order valence-corrected chi connectivity index (χ2v) is 2.60. The Kier molecular flexibility index (Phi) is 1.63. The molecule has 1 aliphatic heterocycles. The van der Waals surface area contributed by atoms with Crippen molar-refractivity contribution in [1.82, 2.24) is 5.32 Å². The van der Waals surface area contributed by atoms with E-state index in [4.69, 9.17) is 0 Å². The van der Waals surface area contributed by atoms with Gasteiger partial charge in [-0.25, -0.2) is 0 Å². The molecule has 0 amide bonds. The highest BCUT2D eigenvalue weighted by Gasteiger charge is 2.15.